The van der Waals surface area contributed by atoms with Crippen molar-refractivity contribution >= 4 is 5.69 Å². The monoisotopic (exact) mass is 422 g/mol. The van der Waals surface area contributed by atoms with Gasteiger partial charge in [-0.2, -0.15) is 0 Å². The summed E-state index contributed by atoms with van der Waals surface area (Å²) in [6.45, 7) is 10.8. The van der Waals surface area contributed by atoms with Gasteiger partial charge in [-0.15, -0.1) is 10.2 Å². The molecule has 1 N–H and O–H groups in total. The van der Waals surface area contributed by atoms with Crippen molar-refractivity contribution in [1.82, 2.24) is 15.5 Å². The SMILES string of the molecule is CC[C@@H](C)c1ccc([C@@H](N[C@@H](C)c2nnc(-c3ccc([N+](=O)[O-])cc3)o2)C(C)C)cc1. The van der Waals surface area contributed by atoms with Crippen LogP contribution in [-0.2, 0) is 0 Å². The molecular formula is C24H30N4O3. The summed E-state index contributed by atoms with van der Waals surface area (Å²) in [6.07, 6.45) is 1.12. The van der Waals surface area contributed by atoms with Crippen LogP contribution in [-0.4, -0.2) is 15.1 Å². The number of nitro groups is 1. The van der Waals surface area contributed by atoms with Crippen LogP contribution in [0.5, 0.6) is 0 Å². The van der Waals surface area contributed by atoms with Gasteiger partial charge in [-0.05, 0) is 48.4 Å². The number of aromatic nitrogens is 2. The van der Waals surface area contributed by atoms with Gasteiger partial charge in [-0.25, -0.2) is 0 Å². The summed E-state index contributed by atoms with van der Waals surface area (Å²) < 4.78 is 5.86. The van der Waals surface area contributed by atoms with Crippen LogP contribution in [0.4, 0.5) is 5.69 Å². The van der Waals surface area contributed by atoms with E-state index in [9.17, 15) is 10.1 Å². The van der Waals surface area contributed by atoms with E-state index in [-0.39, 0.29) is 17.8 Å². The first-order valence-corrected chi connectivity index (χ1v) is 10.7. The zero-order chi connectivity index (χ0) is 22.5. The van der Waals surface area contributed by atoms with Gasteiger partial charge in [-0.1, -0.05) is 52.0 Å². The molecule has 7 nitrogen and oxygen atoms in total. The number of rotatable bonds is 9. The predicted molar refractivity (Wildman–Crippen MR) is 121 cm³/mol. The van der Waals surface area contributed by atoms with Crippen LogP contribution < -0.4 is 5.32 Å². The molecule has 1 heterocycles. The summed E-state index contributed by atoms with van der Waals surface area (Å²) >= 11 is 0. The molecule has 3 atom stereocenters. The highest BCUT2D eigenvalue weighted by atomic mass is 16.6. The summed E-state index contributed by atoms with van der Waals surface area (Å²) in [7, 11) is 0. The summed E-state index contributed by atoms with van der Waals surface area (Å²) in [5.41, 5.74) is 3.26. The predicted octanol–water partition coefficient (Wildman–Crippen LogP) is 6.21. The molecule has 1 aromatic heterocycles. The van der Waals surface area contributed by atoms with Gasteiger partial charge < -0.3 is 4.42 Å². The van der Waals surface area contributed by atoms with Crippen LogP contribution in [0.1, 0.15) is 76.1 Å². The van der Waals surface area contributed by atoms with E-state index in [1.54, 1.807) is 12.1 Å². The van der Waals surface area contributed by atoms with Crippen molar-refractivity contribution in [2.24, 2.45) is 5.92 Å². The fraction of sp³-hybridized carbons (Fsp3) is 0.417. The van der Waals surface area contributed by atoms with Crippen LogP contribution in [0, 0.1) is 16.0 Å². The Kier molecular flexibility index (Phi) is 7.17. The maximum absolute atomic E-state index is 10.8. The molecular weight excluding hydrogens is 392 g/mol. The lowest BCUT2D eigenvalue weighted by Crippen LogP contribution is -2.28. The lowest BCUT2D eigenvalue weighted by Gasteiger charge is -2.26. The van der Waals surface area contributed by atoms with Crippen LogP contribution in [0.25, 0.3) is 11.5 Å². The Balaban J connectivity index is 1.74. The summed E-state index contributed by atoms with van der Waals surface area (Å²) in [5, 5.41) is 22.8. The number of benzene rings is 2. The van der Waals surface area contributed by atoms with Crippen molar-refractivity contribution in [2.45, 2.75) is 59.0 Å². The second kappa shape index (κ2) is 9.83. The topological polar surface area (TPSA) is 94.1 Å². The molecule has 0 radical (unpaired) electrons. The average Bonchev–Trinajstić information content (AvgIpc) is 3.27. The summed E-state index contributed by atoms with van der Waals surface area (Å²) in [5.74, 6) is 1.75. The molecule has 0 saturated heterocycles. The van der Waals surface area contributed by atoms with E-state index in [1.165, 1.54) is 23.3 Å². The Morgan fingerprint density at radius 2 is 1.58 bits per heavy atom. The molecule has 164 valence electrons. The molecule has 0 saturated carbocycles. The molecule has 0 fully saturated rings. The Morgan fingerprint density at radius 3 is 2.13 bits per heavy atom. The highest BCUT2D eigenvalue weighted by Gasteiger charge is 2.22. The smallest absolute Gasteiger partial charge is 0.269 e. The molecule has 0 spiro atoms. The third kappa shape index (κ3) is 5.35. The number of nitrogens with one attached hydrogen (secondary N) is 1. The number of hydrogen-bond donors (Lipinski definition) is 1. The minimum atomic E-state index is -0.434. The molecule has 0 aliphatic carbocycles. The second-order valence-electron chi connectivity index (χ2n) is 8.34. The molecule has 0 aliphatic rings. The van der Waals surface area contributed by atoms with Gasteiger partial charge in [0.2, 0.25) is 11.8 Å². The molecule has 0 aliphatic heterocycles. The van der Waals surface area contributed by atoms with Gasteiger partial charge in [0.25, 0.3) is 5.69 Å². The van der Waals surface area contributed by atoms with Crippen LogP contribution in [0.15, 0.2) is 52.9 Å². The van der Waals surface area contributed by atoms with E-state index in [0.29, 0.717) is 29.2 Å². The van der Waals surface area contributed by atoms with Gasteiger partial charge in [0, 0.05) is 23.7 Å². The van der Waals surface area contributed by atoms with E-state index >= 15 is 0 Å². The van der Waals surface area contributed by atoms with Crippen LogP contribution in [0.3, 0.4) is 0 Å². The average molecular weight is 423 g/mol. The lowest BCUT2D eigenvalue weighted by atomic mass is 9.92. The van der Waals surface area contributed by atoms with Crippen LogP contribution in [0.2, 0.25) is 0 Å². The largest absolute Gasteiger partial charge is 0.419 e. The van der Waals surface area contributed by atoms with Gasteiger partial charge >= 0.3 is 0 Å². The van der Waals surface area contributed by atoms with Gasteiger partial charge in [0.05, 0.1) is 11.0 Å². The molecule has 2 aromatic carbocycles. The quantitative estimate of drug-likeness (QED) is 0.325. The van der Waals surface area contributed by atoms with Gasteiger partial charge in [-0.3, -0.25) is 15.4 Å². The molecule has 0 bridgehead atoms. The Bertz CT molecular complexity index is 996. The first-order valence-electron chi connectivity index (χ1n) is 10.7. The maximum atomic E-state index is 10.8. The van der Waals surface area contributed by atoms with E-state index in [4.69, 9.17) is 4.42 Å². The summed E-state index contributed by atoms with van der Waals surface area (Å²) in [6, 6.07) is 14.9. The summed E-state index contributed by atoms with van der Waals surface area (Å²) in [4.78, 5) is 10.4. The minimum absolute atomic E-state index is 0.0256. The molecule has 7 heteroatoms. The number of nitrogens with zero attached hydrogens (tertiary/aromatic N) is 3. The van der Waals surface area contributed by atoms with Gasteiger partial charge in [0.1, 0.15) is 0 Å². The first-order chi connectivity index (χ1) is 14.8. The third-order valence-corrected chi connectivity index (χ3v) is 5.71. The number of hydrogen-bond acceptors (Lipinski definition) is 6. The fourth-order valence-electron chi connectivity index (χ4n) is 3.53. The van der Waals surface area contributed by atoms with Crippen molar-refractivity contribution < 1.29 is 9.34 Å². The first kappa shape index (κ1) is 22.6. The Hall–Kier alpha value is -3.06. The third-order valence-electron chi connectivity index (χ3n) is 5.71. The molecule has 0 amide bonds. The van der Waals surface area contributed by atoms with Crippen molar-refractivity contribution in [3.8, 4) is 11.5 Å². The Morgan fingerprint density at radius 1 is 0.968 bits per heavy atom. The molecule has 3 rings (SSSR count). The normalized spacial score (nSPS) is 14.4. The van der Waals surface area contributed by atoms with Crippen molar-refractivity contribution in [3.63, 3.8) is 0 Å². The van der Waals surface area contributed by atoms with E-state index < -0.39 is 4.92 Å². The minimum Gasteiger partial charge on any atom is -0.419 e. The number of nitro benzene ring substituents is 1. The van der Waals surface area contributed by atoms with Crippen molar-refractivity contribution in [3.05, 3.63) is 75.7 Å². The zero-order valence-electron chi connectivity index (χ0n) is 18.7. The number of non-ortho nitro benzene ring substituents is 1. The van der Waals surface area contributed by atoms with Gasteiger partial charge in [0.15, 0.2) is 0 Å². The standard InChI is InChI=1S/C24H30N4O3/c1-6-16(4)18-7-9-19(10-8-18)22(15(2)3)25-17(5)23-26-27-24(31-23)20-11-13-21(14-12-20)28(29)30/h7-17,22,25H,6H2,1-5H3/t16-,17+,22+/m1/s1. The fourth-order valence-corrected chi connectivity index (χ4v) is 3.53. The highest BCUT2D eigenvalue weighted by Crippen LogP contribution is 2.29. The van der Waals surface area contributed by atoms with E-state index in [2.05, 4.69) is 67.5 Å². The highest BCUT2D eigenvalue weighted by molar-refractivity contribution is 5.55. The maximum Gasteiger partial charge on any atom is 0.269 e. The second-order valence-corrected chi connectivity index (χ2v) is 8.34. The van der Waals surface area contributed by atoms with Crippen molar-refractivity contribution in [2.75, 3.05) is 0 Å². The molecule has 0 unspecified atom stereocenters. The van der Waals surface area contributed by atoms with Crippen molar-refractivity contribution in [1.29, 1.82) is 0 Å². The Labute approximate surface area is 183 Å². The van der Waals surface area contributed by atoms with E-state index in [0.717, 1.165) is 6.42 Å². The molecule has 31 heavy (non-hydrogen) atoms. The lowest BCUT2D eigenvalue weighted by molar-refractivity contribution is -0.384. The molecule has 3 aromatic rings. The zero-order valence-corrected chi connectivity index (χ0v) is 18.7. The van der Waals surface area contributed by atoms with E-state index in [1.807, 2.05) is 6.92 Å². The van der Waals surface area contributed by atoms with Crippen LogP contribution >= 0.6 is 0 Å².